The Balaban J connectivity index is 1.09. The van der Waals surface area contributed by atoms with Crippen LogP contribution in [0.5, 0.6) is 0 Å². The van der Waals surface area contributed by atoms with Gasteiger partial charge in [0.05, 0.1) is 11.0 Å². The van der Waals surface area contributed by atoms with Crippen molar-refractivity contribution in [2.75, 3.05) is 0 Å². The maximum absolute atomic E-state index is 6.52. The Labute approximate surface area is 322 Å². The average Bonchev–Trinajstić information content (AvgIpc) is 3.85. The van der Waals surface area contributed by atoms with Crippen LogP contribution in [-0.4, -0.2) is 9.55 Å². The fourth-order valence-corrected chi connectivity index (χ4v) is 9.12. The topological polar surface area (TPSA) is 31.0 Å². The number of fused-ring (bicyclic) bond motifs is 10. The van der Waals surface area contributed by atoms with Crippen molar-refractivity contribution in [3.05, 3.63) is 194 Å². The zero-order valence-electron chi connectivity index (χ0n) is 30.3. The molecule has 56 heavy (non-hydrogen) atoms. The SMILES string of the molecule is c1ccc(-c2nc3ccc4ccc5cc(-c6c7ccccc7c(-c7ccc8c9ccccc9n(-c9ccccc9)c8c7)c7ccccc67)ccc5c4c3o2)cc1. The molecule has 0 saturated carbocycles. The summed E-state index contributed by atoms with van der Waals surface area (Å²) in [5.74, 6) is 0.639. The van der Waals surface area contributed by atoms with Crippen LogP contribution >= 0.6 is 0 Å². The van der Waals surface area contributed by atoms with E-state index in [1.54, 1.807) is 0 Å². The predicted molar refractivity (Wildman–Crippen MR) is 235 cm³/mol. The molecule has 0 saturated heterocycles. The van der Waals surface area contributed by atoms with E-state index in [4.69, 9.17) is 9.40 Å². The summed E-state index contributed by atoms with van der Waals surface area (Å²) in [5, 5.41) is 12.0. The minimum Gasteiger partial charge on any atom is -0.435 e. The summed E-state index contributed by atoms with van der Waals surface area (Å²) in [6.07, 6.45) is 0. The molecular formula is C53H32N2O. The molecule has 0 aliphatic carbocycles. The van der Waals surface area contributed by atoms with Crippen molar-refractivity contribution in [3.8, 4) is 39.4 Å². The molecule has 12 rings (SSSR count). The van der Waals surface area contributed by atoms with Gasteiger partial charge in [0.1, 0.15) is 5.52 Å². The van der Waals surface area contributed by atoms with Gasteiger partial charge in [-0.3, -0.25) is 0 Å². The van der Waals surface area contributed by atoms with Crippen molar-refractivity contribution in [2.24, 2.45) is 0 Å². The molecule has 0 aliphatic rings. The summed E-state index contributed by atoms with van der Waals surface area (Å²) in [7, 11) is 0. The molecule has 12 aromatic rings. The van der Waals surface area contributed by atoms with Crippen LogP contribution in [0, 0.1) is 0 Å². The minimum atomic E-state index is 0.639. The highest BCUT2D eigenvalue weighted by Gasteiger charge is 2.20. The molecule has 0 fully saturated rings. The molecule has 0 radical (unpaired) electrons. The number of rotatable bonds is 4. The van der Waals surface area contributed by atoms with E-state index in [-0.39, 0.29) is 0 Å². The van der Waals surface area contributed by atoms with E-state index < -0.39 is 0 Å². The molecule has 3 heteroatoms. The molecular weight excluding hydrogens is 681 g/mol. The number of para-hydroxylation sites is 2. The molecule has 0 bridgehead atoms. The van der Waals surface area contributed by atoms with Crippen molar-refractivity contribution in [2.45, 2.75) is 0 Å². The second-order valence-corrected chi connectivity index (χ2v) is 14.7. The average molecular weight is 713 g/mol. The van der Waals surface area contributed by atoms with Gasteiger partial charge in [0, 0.05) is 27.4 Å². The largest absolute Gasteiger partial charge is 0.435 e. The van der Waals surface area contributed by atoms with Crippen molar-refractivity contribution in [1.82, 2.24) is 9.55 Å². The fraction of sp³-hybridized carbons (Fsp3) is 0. The van der Waals surface area contributed by atoms with Crippen molar-refractivity contribution in [3.63, 3.8) is 0 Å². The molecule has 10 aromatic carbocycles. The molecule has 0 amide bonds. The van der Waals surface area contributed by atoms with Crippen LogP contribution in [-0.2, 0) is 0 Å². The monoisotopic (exact) mass is 712 g/mol. The summed E-state index contributed by atoms with van der Waals surface area (Å²) in [4.78, 5) is 4.89. The summed E-state index contributed by atoms with van der Waals surface area (Å²) >= 11 is 0. The second-order valence-electron chi connectivity index (χ2n) is 14.7. The van der Waals surface area contributed by atoms with E-state index in [9.17, 15) is 0 Å². The predicted octanol–water partition coefficient (Wildman–Crippen LogP) is 14.5. The molecule has 0 unspecified atom stereocenters. The summed E-state index contributed by atoms with van der Waals surface area (Å²) in [6, 6.07) is 70.0. The van der Waals surface area contributed by atoms with E-state index >= 15 is 0 Å². The van der Waals surface area contributed by atoms with Crippen molar-refractivity contribution in [1.29, 1.82) is 0 Å². The lowest BCUT2D eigenvalue weighted by molar-refractivity contribution is 0.623. The van der Waals surface area contributed by atoms with Gasteiger partial charge in [-0.25, -0.2) is 4.98 Å². The maximum atomic E-state index is 6.52. The van der Waals surface area contributed by atoms with Crippen molar-refractivity contribution >= 4 is 76.0 Å². The first kappa shape index (κ1) is 30.9. The van der Waals surface area contributed by atoms with Crippen LogP contribution in [0.2, 0.25) is 0 Å². The number of hydrogen-bond acceptors (Lipinski definition) is 2. The van der Waals surface area contributed by atoms with Gasteiger partial charge in [0.15, 0.2) is 5.58 Å². The van der Waals surface area contributed by atoms with E-state index in [2.05, 4.69) is 168 Å². The third-order valence-electron chi connectivity index (χ3n) is 11.6. The smallest absolute Gasteiger partial charge is 0.227 e. The Morgan fingerprint density at radius 2 is 0.911 bits per heavy atom. The van der Waals surface area contributed by atoms with Crippen molar-refractivity contribution < 1.29 is 4.42 Å². The lowest BCUT2D eigenvalue weighted by Gasteiger charge is -2.18. The molecule has 0 spiro atoms. The van der Waals surface area contributed by atoms with Crippen LogP contribution < -0.4 is 0 Å². The van der Waals surface area contributed by atoms with Crippen LogP contribution in [0.1, 0.15) is 0 Å². The minimum absolute atomic E-state index is 0.639. The Bertz CT molecular complexity index is 3460. The lowest BCUT2D eigenvalue weighted by Crippen LogP contribution is -1.94. The van der Waals surface area contributed by atoms with E-state index in [1.165, 1.54) is 65.6 Å². The number of nitrogens with zero attached hydrogens (tertiary/aromatic N) is 2. The zero-order chi connectivity index (χ0) is 36.7. The van der Waals surface area contributed by atoms with Crippen LogP contribution in [0.15, 0.2) is 199 Å². The van der Waals surface area contributed by atoms with E-state index in [1.807, 2.05) is 30.3 Å². The number of oxazole rings is 1. The Morgan fingerprint density at radius 3 is 1.61 bits per heavy atom. The molecule has 0 N–H and O–H groups in total. The second kappa shape index (κ2) is 12.0. The number of hydrogen-bond donors (Lipinski definition) is 0. The lowest BCUT2D eigenvalue weighted by atomic mass is 9.85. The number of aromatic nitrogens is 2. The van der Waals surface area contributed by atoms with Crippen LogP contribution in [0.3, 0.4) is 0 Å². The first-order chi connectivity index (χ1) is 27.8. The first-order valence-corrected chi connectivity index (χ1v) is 19.1. The first-order valence-electron chi connectivity index (χ1n) is 19.1. The van der Waals surface area contributed by atoms with E-state index in [0.717, 1.165) is 43.9 Å². The van der Waals surface area contributed by atoms with Crippen LogP contribution in [0.4, 0.5) is 0 Å². The van der Waals surface area contributed by atoms with Gasteiger partial charge in [-0.05, 0) is 108 Å². The Hall–Kier alpha value is -7.49. The van der Waals surface area contributed by atoms with Gasteiger partial charge in [-0.1, -0.05) is 146 Å². The van der Waals surface area contributed by atoms with Gasteiger partial charge in [0.25, 0.3) is 0 Å². The zero-order valence-corrected chi connectivity index (χ0v) is 30.3. The molecule has 3 nitrogen and oxygen atoms in total. The molecule has 0 atom stereocenters. The molecule has 2 heterocycles. The quantitative estimate of drug-likeness (QED) is 0.134. The maximum Gasteiger partial charge on any atom is 0.227 e. The summed E-state index contributed by atoms with van der Waals surface area (Å²) < 4.78 is 8.93. The number of benzene rings is 10. The highest BCUT2D eigenvalue weighted by molar-refractivity contribution is 6.24. The fourth-order valence-electron chi connectivity index (χ4n) is 9.12. The standard InChI is InChI=1S/C53H32N2O/c1-3-13-34(14-4-1)53-54-46-30-27-33-23-24-35-31-36(25-28-39(35)51(33)52(46)56-53)49-42-18-7-9-20-44(42)50(45-21-10-8-19-43(45)49)37-26-29-41-40-17-11-12-22-47(40)55(48(41)32-37)38-15-5-2-6-16-38/h1-32H. The third-order valence-corrected chi connectivity index (χ3v) is 11.6. The molecule has 2 aromatic heterocycles. The Morgan fingerprint density at radius 1 is 0.375 bits per heavy atom. The molecule has 0 aliphatic heterocycles. The summed E-state index contributed by atoms with van der Waals surface area (Å²) in [5.41, 5.74) is 11.1. The highest BCUT2D eigenvalue weighted by Crippen LogP contribution is 2.46. The third kappa shape index (κ3) is 4.55. The normalized spacial score (nSPS) is 11.9. The van der Waals surface area contributed by atoms with Crippen LogP contribution in [0.25, 0.3) is 115 Å². The van der Waals surface area contributed by atoms with Gasteiger partial charge < -0.3 is 8.98 Å². The highest BCUT2D eigenvalue weighted by atomic mass is 16.3. The van der Waals surface area contributed by atoms with E-state index in [0.29, 0.717) is 5.89 Å². The van der Waals surface area contributed by atoms with Gasteiger partial charge in [-0.15, -0.1) is 0 Å². The summed E-state index contributed by atoms with van der Waals surface area (Å²) in [6.45, 7) is 0. The Kier molecular flexibility index (Phi) is 6.63. The van der Waals surface area contributed by atoms with Gasteiger partial charge in [0.2, 0.25) is 5.89 Å². The van der Waals surface area contributed by atoms with Gasteiger partial charge >= 0.3 is 0 Å². The van der Waals surface area contributed by atoms with Gasteiger partial charge in [-0.2, -0.15) is 0 Å². The molecule has 260 valence electrons.